The van der Waals surface area contributed by atoms with Crippen molar-refractivity contribution in [2.45, 2.75) is 43.6 Å². The van der Waals surface area contributed by atoms with E-state index in [4.69, 9.17) is 14.2 Å². The van der Waals surface area contributed by atoms with E-state index in [1.165, 1.54) is 11.1 Å². The number of hydrogen-bond acceptors (Lipinski definition) is 4. The molecule has 1 heterocycles. The third-order valence-corrected chi connectivity index (χ3v) is 7.62. The van der Waals surface area contributed by atoms with Crippen LogP contribution in [-0.4, -0.2) is 25.8 Å². The molecule has 4 nitrogen and oxygen atoms in total. The Hall–Kier alpha value is -1.97. The third-order valence-electron chi connectivity index (χ3n) is 7.62. The predicted molar refractivity (Wildman–Crippen MR) is 97.4 cm³/mol. The minimum atomic E-state index is -0.279. The van der Waals surface area contributed by atoms with Gasteiger partial charge in [-0.05, 0) is 54.9 Å². The summed E-state index contributed by atoms with van der Waals surface area (Å²) in [6.45, 7) is 4.03. The Morgan fingerprint density at radius 3 is 2.69 bits per heavy atom. The number of rotatable bonds is 3. The fraction of sp³-hybridized carbons (Fsp3) is 0.591. The van der Waals surface area contributed by atoms with E-state index in [1.807, 2.05) is 6.08 Å². The van der Waals surface area contributed by atoms with Gasteiger partial charge >= 0.3 is 5.97 Å². The molecular formula is C22H26O4. The molecule has 2 bridgehead atoms. The average Bonchev–Trinajstić information content (AvgIpc) is 3.17. The van der Waals surface area contributed by atoms with Gasteiger partial charge in [-0.25, -0.2) is 0 Å². The SMILES string of the molecule is C=C[C@H]1CC[C@@H]2[C@H]3CCc4cc(OC)c(OC)cc4[C@@H]3[C@@H]3C[C@@]21OC3=O. The summed E-state index contributed by atoms with van der Waals surface area (Å²) in [5.74, 6) is 3.02. The van der Waals surface area contributed by atoms with Crippen LogP contribution >= 0.6 is 0 Å². The highest BCUT2D eigenvalue weighted by Gasteiger charge is 2.67. The molecule has 0 aromatic heterocycles. The van der Waals surface area contributed by atoms with Gasteiger partial charge in [-0.3, -0.25) is 4.79 Å². The van der Waals surface area contributed by atoms with Gasteiger partial charge in [0.05, 0.1) is 20.1 Å². The molecule has 138 valence electrons. The van der Waals surface area contributed by atoms with Gasteiger partial charge in [0.1, 0.15) is 5.60 Å². The number of carbonyl (C=O) groups is 1. The first-order valence-corrected chi connectivity index (χ1v) is 9.73. The Morgan fingerprint density at radius 1 is 1.19 bits per heavy atom. The molecule has 3 fully saturated rings. The maximum Gasteiger partial charge on any atom is 0.310 e. The van der Waals surface area contributed by atoms with E-state index in [0.29, 0.717) is 17.8 Å². The Labute approximate surface area is 154 Å². The van der Waals surface area contributed by atoms with Crippen LogP contribution in [0.2, 0.25) is 0 Å². The van der Waals surface area contributed by atoms with E-state index < -0.39 is 0 Å². The van der Waals surface area contributed by atoms with E-state index in [-0.39, 0.29) is 23.4 Å². The molecule has 5 rings (SSSR count). The van der Waals surface area contributed by atoms with Crippen molar-refractivity contribution in [3.8, 4) is 11.5 Å². The molecular weight excluding hydrogens is 328 g/mol. The van der Waals surface area contributed by atoms with Gasteiger partial charge in [-0.1, -0.05) is 6.08 Å². The highest BCUT2D eigenvalue weighted by Crippen LogP contribution is 2.65. The first-order valence-electron chi connectivity index (χ1n) is 9.73. The number of hydrogen-bond donors (Lipinski definition) is 0. The standard InChI is InChI=1S/C22H26O4/c1-4-13-6-8-17-14-7-5-12-9-18(24-2)19(25-3)10-15(12)20(14)16-11-22(13,17)26-21(16)23/h4,9-10,13-14,16-17,20H,1,5-8,11H2,2-3H3/t13-,14+,16-,17+,20+,22-/m0/s1. The van der Waals surface area contributed by atoms with Gasteiger partial charge in [0.2, 0.25) is 0 Å². The number of methoxy groups -OCH3 is 2. The smallest absolute Gasteiger partial charge is 0.310 e. The molecule has 0 N–H and O–H groups in total. The van der Waals surface area contributed by atoms with Gasteiger partial charge in [-0.15, -0.1) is 6.58 Å². The van der Waals surface area contributed by atoms with Crippen molar-refractivity contribution in [3.05, 3.63) is 35.9 Å². The van der Waals surface area contributed by atoms with Crippen molar-refractivity contribution < 1.29 is 19.0 Å². The minimum absolute atomic E-state index is 0.00103. The van der Waals surface area contributed by atoms with Gasteiger partial charge in [-0.2, -0.15) is 0 Å². The van der Waals surface area contributed by atoms with E-state index in [9.17, 15) is 4.79 Å². The topological polar surface area (TPSA) is 44.8 Å². The zero-order valence-electron chi connectivity index (χ0n) is 15.5. The number of esters is 1. The molecule has 1 aromatic rings. The molecule has 4 heteroatoms. The molecule has 1 spiro atoms. The van der Waals surface area contributed by atoms with Crippen LogP contribution in [0.15, 0.2) is 24.8 Å². The molecule has 1 aromatic carbocycles. The summed E-state index contributed by atoms with van der Waals surface area (Å²) < 4.78 is 17.2. The van der Waals surface area contributed by atoms with Crippen LogP contribution in [0, 0.1) is 23.7 Å². The first kappa shape index (κ1) is 16.2. The fourth-order valence-corrected chi connectivity index (χ4v) is 6.64. The van der Waals surface area contributed by atoms with Crippen LogP contribution in [0.4, 0.5) is 0 Å². The summed E-state index contributed by atoms with van der Waals surface area (Å²) in [6, 6.07) is 4.22. The van der Waals surface area contributed by atoms with Crippen LogP contribution in [0.3, 0.4) is 0 Å². The molecule has 4 aliphatic rings. The Balaban J connectivity index is 1.63. The van der Waals surface area contributed by atoms with Gasteiger partial charge in [0.25, 0.3) is 0 Å². The second-order valence-corrected chi connectivity index (χ2v) is 8.35. The number of benzene rings is 1. The lowest BCUT2D eigenvalue weighted by Crippen LogP contribution is -2.48. The van der Waals surface area contributed by atoms with Gasteiger partial charge in [0, 0.05) is 24.2 Å². The lowest BCUT2D eigenvalue weighted by molar-refractivity contribution is -0.154. The Kier molecular flexibility index (Phi) is 3.44. The maximum absolute atomic E-state index is 12.9. The largest absolute Gasteiger partial charge is 0.493 e. The van der Waals surface area contributed by atoms with E-state index in [1.54, 1.807) is 14.2 Å². The maximum atomic E-state index is 12.9. The normalized spacial score (nSPS) is 39.5. The number of ether oxygens (including phenoxy) is 3. The Morgan fingerprint density at radius 2 is 1.96 bits per heavy atom. The summed E-state index contributed by atoms with van der Waals surface area (Å²) in [4.78, 5) is 12.9. The van der Waals surface area contributed by atoms with Crippen LogP contribution in [0.1, 0.15) is 42.7 Å². The molecule has 0 unspecified atom stereocenters. The minimum Gasteiger partial charge on any atom is -0.493 e. The molecule has 3 aliphatic carbocycles. The van der Waals surface area contributed by atoms with Crippen molar-refractivity contribution in [1.82, 2.24) is 0 Å². The summed E-state index contributed by atoms with van der Waals surface area (Å²) in [5, 5.41) is 0. The zero-order chi connectivity index (χ0) is 18.1. The monoisotopic (exact) mass is 354 g/mol. The second-order valence-electron chi connectivity index (χ2n) is 8.35. The predicted octanol–water partition coefficient (Wildman–Crippen LogP) is 3.88. The van der Waals surface area contributed by atoms with Crippen molar-refractivity contribution in [1.29, 1.82) is 0 Å². The van der Waals surface area contributed by atoms with Crippen LogP contribution in [-0.2, 0) is 16.0 Å². The van der Waals surface area contributed by atoms with E-state index in [0.717, 1.165) is 43.6 Å². The number of carbonyl (C=O) groups excluding carboxylic acids is 1. The average molecular weight is 354 g/mol. The molecule has 26 heavy (non-hydrogen) atoms. The highest BCUT2D eigenvalue weighted by molar-refractivity contribution is 5.78. The molecule has 6 atom stereocenters. The lowest BCUT2D eigenvalue weighted by atomic mass is 9.55. The molecule has 1 saturated heterocycles. The van der Waals surface area contributed by atoms with E-state index >= 15 is 0 Å². The van der Waals surface area contributed by atoms with Crippen molar-refractivity contribution in [3.63, 3.8) is 0 Å². The summed E-state index contributed by atoms with van der Waals surface area (Å²) in [6.07, 6.45) is 7.26. The first-order chi connectivity index (χ1) is 12.6. The molecule has 1 aliphatic heterocycles. The van der Waals surface area contributed by atoms with Crippen LogP contribution in [0.5, 0.6) is 11.5 Å². The van der Waals surface area contributed by atoms with Crippen LogP contribution < -0.4 is 9.47 Å². The summed E-state index contributed by atoms with van der Waals surface area (Å²) in [5.41, 5.74) is 2.30. The van der Waals surface area contributed by atoms with Gasteiger partial charge < -0.3 is 14.2 Å². The van der Waals surface area contributed by atoms with E-state index in [2.05, 4.69) is 18.7 Å². The zero-order valence-corrected chi connectivity index (χ0v) is 15.5. The summed E-state index contributed by atoms with van der Waals surface area (Å²) in [7, 11) is 3.35. The fourth-order valence-electron chi connectivity index (χ4n) is 6.64. The van der Waals surface area contributed by atoms with Crippen molar-refractivity contribution in [2.24, 2.45) is 23.7 Å². The third kappa shape index (κ3) is 1.88. The summed E-state index contributed by atoms with van der Waals surface area (Å²) >= 11 is 0. The van der Waals surface area contributed by atoms with Crippen molar-refractivity contribution >= 4 is 5.97 Å². The van der Waals surface area contributed by atoms with Crippen LogP contribution in [0.25, 0.3) is 0 Å². The highest BCUT2D eigenvalue weighted by atomic mass is 16.6. The molecule has 0 amide bonds. The Bertz CT molecular complexity index is 785. The second kappa shape index (κ2) is 5.51. The molecule has 2 saturated carbocycles. The molecule has 0 radical (unpaired) electrons. The van der Waals surface area contributed by atoms with Gasteiger partial charge in [0.15, 0.2) is 11.5 Å². The lowest BCUT2D eigenvalue weighted by Gasteiger charge is -2.47. The number of fused-ring (bicyclic) bond motifs is 6. The van der Waals surface area contributed by atoms with Crippen molar-refractivity contribution in [2.75, 3.05) is 14.2 Å². The number of aryl methyl sites for hydroxylation is 1. The quantitative estimate of drug-likeness (QED) is 0.610.